The summed E-state index contributed by atoms with van der Waals surface area (Å²) in [6.07, 6.45) is 0.108. The molecule has 0 aliphatic carbocycles. The highest BCUT2D eigenvalue weighted by Gasteiger charge is 2.36. The van der Waals surface area contributed by atoms with E-state index in [-0.39, 0.29) is 24.8 Å². The molecule has 1 N–H and O–H groups in total. The van der Waals surface area contributed by atoms with Crippen molar-refractivity contribution < 1.29 is 14.3 Å². The molecule has 1 saturated heterocycles. The van der Waals surface area contributed by atoms with Gasteiger partial charge in [-0.15, -0.1) is 0 Å². The van der Waals surface area contributed by atoms with Crippen LogP contribution in [0.25, 0.3) is 10.8 Å². The summed E-state index contributed by atoms with van der Waals surface area (Å²) in [5.41, 5.74) is 1.14. The molecule has 0 unspecified atom stereocenters. The normalized spacial score (nSPS) is 15.5. The van der Waals surface area contributed by atoms with Crippen LogP contribution in [0.1, 0.15) is 6.42 Å². The van der Waals surface area contributed by atoms with Crippen LogP contribution in [0, 0.1) is 5.92 Å². The fourth-order valence-corrected chi connectivity index (χ4v) is 4.48. The van der Waals surface area contributed by atoms with Crippen LogP contribution in [0.15, 0.2) is 84.9 Å². The van der Waals surface area contributed by atoms with E-state index in [9.17, 15) is 9.59 Å². The molecule has 0 bridgehead atoms. The minimum atomic E-state index is -0.492. The van der Waals surface area contributed by atoms with Gasteiger partial charge in [0.05, 0.1) is 21.7 Å². The van der Waals surface area contributed by atoms with Gasteiger partial charge < -0.3 is 15.0 Å². The number of nitrogens with zero attached hydrogens (tertiary/aromatic N) is 1. The Labute approximate surface area is 206 Å². The summed E-state index contributed by atoms with van der Waals surface area (Å²) < 4.78 is 6.06. The van der Waals surface area contributed by atoms with E-state index in [2.05, 4.69) is 5.32 Å². The number of hydrogen-bond acceptors (Lipinski definition) is 3. The van der Waals surface area contributed by atoms with Gasteiger partial charge in [-0.2, -0.15) is 0 Å². The maximum absolute atomic E-state index is 12.8. The van der Waals surface area contributed by atoms with Gasteiger partial charge in [-0.25, -0.2) is 0 Å². The van der Waals surface area contributed by atoms with Crippen LogP contribution in [0.3, 0.4) is 0 Å². The second-order valence-electron chi connectivity index (χ2n) is 8.07. The molecule has 0 radical (unpaired) electrons. The Morgan fingerprint density at radius 2 is 1.65 bits per heavy atom. The summed E-state index contributed by atoms with van der Waals surface area (Å²) in [6.45, 7) is 0.243. The molecule has 170 valence electrons. The largest absolute Gasteiger partial charge is 0.457 e. The lowest BCUT2D eigenvalue weighted by Gasteiger charge is -2.18. The third kappa shape index (κ3) is 4.45. The van der Waals surface area contributed by atoms with Crippen molar-refractivity contribution in [2.75, 3.05) is 16.8 Å². The van der Waals surface area contributed by atoms with Crippen LogP contribution in [0.5, 0.6) is 11.5 Å². The lowest BCUT2D eigenvalue weighted by Crippen LogP contribution is -2.28. The van der Waals surface area contributed by atoms with E-state index in [1.807, 2.05) is 42.5 Å². The average Bonchev–Trinajstić information content (AvgIpc) is 3.24. The number of hydrogen-bond donors (Lipinski definition) is 1. The highest BCUT2D eigenvalue weighted by molar-refractivity contribution is 6.44. The van der Waals surface area contributed by atoms with E-state index in [1.165, 1.54) is 4.90 Å². The van der Waals surface area contributed by atoms with Crippen molar-refractivity contribution in [3.63, 3.8) is 0 Å². The molecule has 2 amide bonds. The summed E-state index contributed by atoms with van der Waals surface area (Å²) in [4.78, 5) is 26.9. The Bertz CT molecular complexity index is 1380. The average molecular weight is 491 g/mol. The van der Waals surface area contributed by atoms with Crippen LogP contribution in [0.4, 0.5) is 11.4 Å². The molecular weight excluding hydrogens is 471 g/mol. The zero-order chi connectivity index (χ0) is 23.7. The Morgan fingerprint density at radius 3 is 2.47 bits per heavy atom. The van der Waals surface area contributed by atoms with Crippen LogP contribution in [0.2, 0.25) is 10.0 Å². The molecular formula is C27H20Cl2N2O3. The summed E-state index contributed by atoms with van der Waals surface area (Å²) in [7, 11) is 0. The van der Waals surface area contributed by atoms with Crippen molar-refractivity contribution in [3.05, 3.63) is 95.0 Å². The SMILES string of the molecule is O=C(Nc1ccc(Oc2cccc3ccccc23)cc1)[C@H]1CC(=O)N(c2cccc(Cl)c2Cl)C1. The first-order chi connectivity index (χ1) is 16.5. The first-order valence-electron chi connectivity index (χ1n) is 10.8. The van der Waals surface area contributed by atoms with Crippen molar-refractivity contribution >= 4 is 57.2 Å². The predicted molar refractivity (Wildman–Crippen MR) is 136 cm³/mol. The highest BCUT2D eigenvalue weighted by atomic mass is 35.5. The van der Waals surface area contributed by atoms with Crippen molar-refractivity contribution in [1.82, 2.24) is 0 Å². The minimum Gasteiger partial charge on any atom is -0.457 e. The number of fused-ring (bicyclic) bond motifs is 1. The van der Waals surface area contributed by atoms with Crippen molar-refractivity contribution in [2.45, 2.75) is 6.42 Å². The first kappa shape index (κ1) is 22.3. The third-order valence-electron chi connectivity index (χ3n) is 5.82. The number of rotatable bonds is 5. The second kappa shape index (κ2) is 9.37. The van der Waals surface area contributed by atoms with Crippen LogP contribution in [-0.2, 0) is 9.59 Å². The van der Waals surface area contributed by atoms with E-state index in [1.54, 1.807) is 42.5 Å². The second-order valence-corrected chi connectivity index (χ2v) is 8.86. The van der Waals surface area contributed by atoms with Gasteiger partial charge >= 0.3 is 0 Å². The summed E-state index contributed by atoms with van der Waals surface area (Å²) in [5, 5.41) is 5.69. The Balaban J connectivity index is 1.25. The van der Waals surface area contributed by atoms with Gasteiger partial charge in [0, 0.05) is 24.0 Å². The van der Waals surface area contributed by atoms with E-state index in [0.717, 1.165) is 16.5 Å². The summed E-state index contributed by atoms with van der Waals surface area (Å²) in [5.74, 6) is 0.542. The van der Waals surface area contributed by atoms with E-state index in [0.29, 0.717) is 27.2 Å². The van der Waals surface area contributed by atoms with Gasteiger partial charge in [-0.1, -0.05) is 65.7 Å². The maximum atomic E-state index is 12.8. The molecule has 4 aromatic rings. The highest BCUT2D eigenvalue weighted by Crippen LogP contribution is 2.36. The minimum absolute atomic E-state index is 0.108. The maximum Gasteiger partial charge on any atom is 0.229 e. The number of benzene rings is 4. The molecule has 1 aliphatic heterocycles. The molecule has 4 aromatic carbocycles. The van der Waals surface area contributed by atoms with Gasteiger partial charge in [-0.3, -0.25) is 9.59 Å². The van der Waals surface area contributed by atoms with Crippen molar-refractivity contribution in [3.8, 4) is 11.5 Å². The number of anilines is 2. The molecule has 1 atom stereocenters. The number of carbonyl (C=O) groups is 2. The Kier molecular flexibility index (Phi) is 6.14. The Morgan fingerprint density at radius 1 is 0.912 bits per heavy atom. The molecule has 34 heavy (non-hydrogen) atoms. The molecule has 5 nitrogen and oxygen atoms in total. The molecule has 5 rings (SSSR count). The molecule has 1 heterocycles. The molecule has 1 aliphatic rings. The van der Waals surface area contributed by atoms with Crippen molar-refractivity contribution in [1.29, 1.82) is 0 Å². The lowest BCUT2D eigenvalue weighted by atomic mass is 10.1. The zero-order valence-corrected chi connectivity index (χ0v) is 19.5. The molecule has 0 aromatic heterocycles. The van der Waals surface area contributed by atoms with Crippen LogP contribution in [-0.4, -0.2) is 18.4 Å². The summed E-state index contributed by atoms with van der Waals surface area (Å²) >= 11 is 12.3. The van der Waals surface area contributed by atoms with Crippen LogP contribution >= 0.6 is 23.2 Å². The topological polar surface area (TPSA) is 58.6 Å². The van der Waals surface area contributed by atoms with E-state index < -0.39 is 5.92 Å². The number of nitrogens with one attached hydrogen (secondary N) is 1. The standard InChI is InChI=1S/C27H20Cl2N2O3/c28-22-8-4-9-23(26(22)29)31-16-18(15-25(31)32)27(33)30-19-11-13-20(14-12-19)34-24-10-3-6-17-5-1-2-7-21(17)24/h1-14,18H,15-16H2,(H,30,33)/t18-/m0/s1. The van der Waals surface area contributed by atoms with E-state index in [4.69, 9.17) is 27.9 Å². The van der Waals surface area contributed by atoms with Gasteiger partial charge in [0.2, 0.25) is 11.8 Å². The quantitative estimate of drug-likeness (QED) is 0.329. The van der Waals surface area contributed by atoms with Gasteiger partial charge in [0.25, 0.3) is 0 Å². The number of carbonyl (C=O) groups excluding carboxylic acids is 2. The lowest BCUT2D eigenvalue weighted by molar-refractivity contribution is -0.122. The number of ether oxygens (including phenoxy) is 1. The third-order valence-corrected chi connectivity index (χ3v) is 6.63. The smallest absolute Gasteiger partial charge is 0.229 e. The van der Waals surface area contributed by atoms with Gasteiger partial charge in [-0.05, 0) is 47.9 Å². The molecule has 0 saturated carbocycles. The molecule has 7 heteroatoms. The molecule has 1 fully saturated rings. The predicted octanol–water partition coefficient (Wildman–Crippen LogP) is 6.93. The first-order valence-corrected chi connectivity index (χ1v) is 11.6. The van der Waals surface area contributed by atoms with E-state index >= 15 is 0 Å². The number of amides is 2. The van der Waals surface area contributed by atoms with Crippen molar-refractivity contribution in [2.24, 2.45) is 5.92 Å². The fraction of sp³-hybridized carbons (Fsp3) is 0.111. The van der Waals surface area contributed by atoms with Crippen LogP contribution < -0.4 is 15.0 Å². The summed E-state index contributed by atoms with van der Waals surface area (Å²) in [6, 6.07) is 26.2. The van der Waals surface area contributed by atoms with Gasteiger partial charge in [0.1, 0.15) is 11.5 Å². The van der Waals surface area contributed by atoms with Gasteiger partial charge in [0.15, 0.2) is 0 Å². The number of halogens is 2. The fourth-order valence-electron chi connectivity index (χ4n) is 4.08. The monoisotopic (exact) mass is 490 g/mol. The zero-order valence-electron chi connectivity index (χ0n) is 18.0. The molecule has 0 spiro atoms. The Hall–Kier alpha value is -3.54.